The number of aliphatic hydroxyl groups is 1. The SMILES string of the molecule is CC/C=C\C/C=C\C/C=C\C/C=C\C=C/C(O)C/C=C\CCC(=O)O[C@H](COC(=O)CCCCCCCCCCCCCC)COP(=O)([O-])OCC[N+](C)(C)C. The second-order valence-corrected chi connectivity index (χ2v) is 16.6. The van der Waals surface area contributed by atoms with E-state index < -0.39 is 38.6 Å². The lowest BCUT2D eigenvalue weighted by molar-refractivity contribution is -0.870. The maximum absolute atomic E-state index is 12.6. The number of phosphoric acid groups is 1. The van der Waals surface area contributed by atoms with Gasteiger partial charge >= 0.3 is 11.9 Å². The van der Waals surface area contributed by atoms with Crippen molar-refractivity contribution in [1.29, 1.82) is 0 Å². The van der Waals surface area contributed by atoms with E-state index in [0.29, 0.717) is 30.3 Å². The molecule has 0 fully saturated rings. The molecule has 56 heavy (non-hydrogen) atoms. The number of phosphoric ester groups is 1. The Morgan fingerprint density at radius 1 is 0.679 bits per heavy atom. The van der Waals surface area contributed by atoms with Crippen molar-refractivity contribution in [2.75, 3.05) is 47.5 Å². The largest absolute Gasteiger partial charge is 0.756 e. The molecule has 10 nitrogen and oxygen atoms in total. The standard InChI is InChI=1S/C45H78NO9P/c1-6-8-10-12-14-16-18-20-21-23-25-27-30-34-42(47)35-31-29-33-37-45(49)55-43(41-54-56(50,51)53-39-38-46(3,4)5)40-52-44(48)36-32-28-26-24-22-19-17-15-13-11-9-7-2/h8,10,14,16,20-21,25,27,29-31,34,42-43,47H,6-7,9,11-13,15,17-19,22-24,26,28,32-33,35-41H2,1-5H3/b10-8-,16-14-,21-20-,27-25-,31-29-,34-30-/t42?,43-/m1/s1. The van der Waals surface area contributed by atoms with Gasteiger partial charge in [0.1, 0.15) is 19.8 Å². The molecule has 0 heterocycles. The van der Waals surface area contributed by atoms with Crippen molar-refractivity contribution in [3.63, 3.8) is 0 Å². The van der Waals surface area contributed by atoms with Crippen molar-refractivity contribution in [2.45, 2.75) is 154 Å². The van der Waals surface area contributed by atoms with E-state index in [1.165, 1.54) is 51.4 Å². The van der Waals surface area contributed by atoms with E-state index in [4.69, 9.17) is 18.5 Å². The van der Waals surface area contributed by atoms with Crippen LogP contribution in [-0.4, -0.2) is 81.2 Å². The summed E-state index contributed by atoms with van der Waals surface area (Å²) in [5, 5.41) is 10.2. The van der Waals surface area contributed by atoms with Crippen LogP contribution in [0.5, 0.6) is 0 Å². The minimum Gasteiger partial charge on any atom is -0.756 e. The number of carbonyl (C=O) groups excluding carboxylic acids is 2. The van der Waals surface area contributed by atoms with E-state index in [2.05, 4.69) is 50.3 Å². The van der Waals surface area contributed by atoms with E-state index in [-0.39, 0.29) is 26.1 Å². The zero-order valence-corrected chi connectivity index (χ0v) is 36.6. The van der Waals surface area contributed by atoms with Crippen LogP contribution in [0.25, 0.3) is 0 Å². The highest BCUT2D eigenvalue weighted by atomic mass is 31.2. The van der Waals surface area contributed by atoms with Crippen LogP contribution in [0.3, 0.4) is 0 Å². The smallest absolute Gasteiger partial charge is 0.306 e. The number of likely N-dealkylation sites (N-methyl/N-ethyl adjacent to an activating group) is 1. The summed E-state index contributed by atoms with van der Waals surface area (Å²) < 4.78 is 33.7. The summed E-state index contributed by atoms with van der Waals surface area (Å²) in [5.41, 5.74) is 0. The Morgan fingerprint density at radius 3 is 1.84 bits per heavy atom. The summed E-state index contributed by atoms with van der Waals surface area (Å²) in [6.07, 6.45) is 41.1. The van der Waals surface area contributed by atoms with Crippen molar-refractivity contribution in [3.8, 4) is 0 Å². The molecule has 0 aromatic heterocycles. The molecule has 322 valence electrons. The van der Waals surface area contributed by atoms with E-state index in [9.17, 15) is 24.2 Å². The van der Waals surface area contributed by atoms with E-state index in [0.717, 1.165) is 44.9 Å². The van der Waals surface area contributed by atoms with Crippen molar-refractivity contribution >= 4 is 19.8 Å². The molecule has 2 unspecified atom stereocenters. The van der Waals surface area contributed by atoms with E-state index in [1.54, 1.807) is 18.2 Å². The fourth-order valence-corrected chi connectivity index (χ4v) is 5.96. The first kappa shape index (κ1) is 53.4. The number of aliphatic hydroxyl groups excluding tert-OH is 1. The second-order valence-electron chi connectivity index (χ2n) is 15.2. The number of hydrogen-bond acceptors (Lipinski definition) is 9. The quantitative estimate of drug-likeness (QED) is 0.0163. The van der Waals surface area contributed by atoms with Gasteiger partial charge in [-0.15, -0.1) is 0 Å². The van der Waals surface area contributed by atoms with Gasteiger partial charge in [0.25, 0.3) is 7.82 Å². The molecule has 0 spiro atoms. The predicted octanol–water partition coefficient (Wildman–Crippen LogP) is 10.2. The van der Waals surface area contributed by atoms with E-state index in [1.807, 2.05) is 39.4 Å². The van der Waals surface area contributed by atoms with Crippen LogP contribution in [0.15, 0.2) is 72.9 Å². The molecule has 1 N–H and O–H groups in total. The second kappa shape index (κ2) is 36.7. The zero-order chi connectivity index (χ0) is 41.6. The third-order valence-corrected chi connectivity index (χ3v) is 9.55. The lowest BCUT2D eigenvalue weighted by atomic mass is 10.0. The average molecular weight is 808 g/mol. The minimum absolute atomic E-state index is 0.0166. The Hall–Kier alpha value is -2.59. The molecule has 0 amide bonds. The summed E-state index contributed by atoms with van der Waals surface area (Å²) in [5.74, 6) is -1.02. The van der Waals surface area contributed by atoms with Crippen LogP contribution in [-0.2, 0) is 32.7 Å². The summed E-state index contributed by atoms with van der Waals surface area (Å²) in [7, 11) is 1.05. The summed E-state index contributed by atoms with van der Waals surface area (Å²) in [4.78, 5) is 37.4. The summed E-state index contributed by atoms with van der Waals surface area (Å²) in [6, 6.07) is 0. The number of esters is 2. The van der Waals surface area contributed by atoms with Crippen LogP contribution < -0.4 is 4.89 Å². The first-order chi connectivity index (χ1) is 26.9. The van der Waals surface area contributed by atoms with Gasteiger partial charge in [0.2, 0.25) is 0 Å². The molecule has 0 aliphatic heterocycles. The Balaban J connectivity index is 4.62. The van der Waals surface area contributed by atoms with Gasteiger partial charge in [0.15, 0.2) is 6.10 Å². The number of ether oxygens (including phenoxy) is 2. The van der Waals surface area contributed by atoms with Gasteiger partial charge in [-0.05, 0) is 44.9 Å². The van der Waals surface area contributed by atoms with Crippen LogP contribution in [0.1, 0.15) is 142 Å². The normalized spacial score (nSPS) is 14.9. The molecule has 0 aliphatic carbocycles. The third-order valence-electron chi connectivity index (χ3n) is 8.58. The number of hydrogen-bond donors (Lipinski definition) is 1. The van der Waals surface area contributed by atoms with Crippen molar-refractivity contribution in [3.05, 3.63) is 72.9 Å². The lowest BCUT2D eigenvalue weighted by Gasteiger charge is -2.28. The highest BCUT2D eigenvalue weighted by molar-refractivity contribution is 7.45. The van der Waals surface area contributed by atoms with Crippen LogP contribution in [0.2, 0.25) is 0 Å². The Kier molecular flexibility index (Phi) is 35.0. The molecule has 0 rings (SSSR count). The molecule has 0 radical (unpaired) electrons. The maximum atomic E-state index is 12.6. The summed E-state index contributed by atoms with van der Waals surface area (Å²) in [6.45, 7) is 3.88. The fourth-order valence-electron chi connectivity index (χ4n) is 5.23. The van der Waals surface area contributed by atoms with Gasteiger partial charge in [0, 0.05) is 12.8 Å². The third kappa shape index (κ3) is 39.6. The molecular weight excluding hydrogens is 729 g/mol. The highest BCUT2D eigenvalue weighted by Gasteiger charge is 2.21. The lowest BCUT2D eigenvalue weighted by Crippen LogP contribution is -2.37. The average Bonchev–Trinajstić information content (AvgIpc) is 3.14. The van der Waals surface area contributed by atoms with Gasteiger partial charge in [-0.25, -0.2) is 0 Å². The molecule has 0 aliphatic rings. The Bertz CT molecular complexity index is 1200. The van der Waals surface area contributed by atoms with Crippen LogP contribution in [0.4, 0.5) is 0 Å². The zero-order valence-electron chi connectivity index (χ0n) is 35.7. The van der Waals surface area contributed by atoms with Crippen molar-refractivity contribution < 1.29 is 47.2 Å². The van der Waals surface area contributed by atoms with Crippen LogP contribution in [0, 0.1) is 0 Å². The number of quaternary nitrogens is 1. The molecule has 0 aromatic carbocycles. The topological polar surface area (TPSA) is 131 Å². The first-order valence-electron chi connectivity index (χ1n) is 21.3. The van der Waals surface area contributed by atoms with Crippen molar-refractivity contribution in [1.82, 2.24) is 0 Å². The predicted molar refractivity (Wildman–Crippen MR) is 228 cm³/mol. The van der Waals surface area contributed by atoms with Gasteiger partial charge < -0.3 is 33.0 Å². The van der Waals surface area contributed by atoms with Crippen LogP contribution >= 0.6 is 7.82 Å². The number of unbranched alkanes of at least 4 members (excludes halogenated alkanes) is 11. The van der Waals surface area contributed by atoms with E-state index >= 15 is 0 Å². The molecule has 0 saturated heterocycles. The van der Waals surface area contributed by atoms with Gasteiger partial charge in [-0.3, -0.25) is 14.2 Å². The van der Waals surface area contributed by atoms with Gasteiger partial charge in [-0.1, -0.05) is 157 Å². The Morgan fingerprint density at radius 2 is 1.25 bits per heavy atom. The number of rotatable bonds is 37. The summed E-state index contributed by atoms with van der Waals surface area (Å²) >= 11 is 0. The minimum atomic E-state index is -4.67. The molecule has 3 atom stereocenters. The van der Waals surface area contributed by atoms with Gasteiger partial charge in [0.05, 0.1) is 33.9 Å². The van der Waals surface area contributed by atoms with Gasteiger partial charge in [-0.2, -0.15) is 0 Å². The monoisotopic (exact) mass is 808 g/mol. The molecule has 0 bridgehead atoms. The number of carbonyl (C=O) groups is 2. The first-order valence-corrected chi connectivity index (χ1v) is 22.7. The molecule has 0 aromatic rings. The Labute approximate surface area is 341 Å². The highest BCUT2D eigenvalue weighted by Crippen LogP contribution is 2.38. The van der Waals surface area contributed by atoms with Crippen molar-refractivity contribution in [2.24, 2.45) is 0 Å². The maximum Gasteiger partial charge on any atom is 0.306 e. The molecule has 11 heteroatoms. The number of allylic oxidation sites excluding steroid dienone is 10. The number of nitrogens with zero attached hydrogens (tertiary/aromatic N) is 1. The molecule has 0 saturated carbocycles. The fraction of sp³-hybridized carbons (Fsp3) is 0.689. The molecular formula is C45H78NO9P.